The molecular weight excluding hydrogens is 298 g/mol. The van der Waals surface area contributed by atoms with Crippen molar-refractivity contribution in [3.05, 3.63) is 23.0 Å². The number of anilines is 1. The summed E-state index contributed by atoms with van der Waals surface area (Å²) in [6.07, 6.45) is 1.30. The van der Waals surface area contributed by atoms with E-state index in [4.69, 9.17) is 11.6 Å². The number of aromatic nitrogens is 1. The van der Waals surface area contributed by atoms with Crippen molar-refractivity contribution in [2.45, 2.75) is 19.9 Å². The van der Waals surface area contributed by atoms with Gasteiger partial charge in [0, 0.05) is 12.2 Å². The van der Waals surface area contributed by atoms with Gasteiger partial charge >= 0.3 is 5.97 Å². The Morgan fingerprint density at radius 2 is 2.05 bits per heavy atom. The maximum atomic E-state index is 12.0. The zero-order valence-corrected chi connectivity index (χ0v) is 12.7. The molecular formula is C13H16ClN3O4. The molecule has 1 heterocycles. The number of carbonyl (C=O) groups excluding carboxylic acids is 3. The van der Waals surface area contributed by atoms with Crippen molar-refractivity contribution in [2.75, 3.05) is 19.0 Å². The fourth-order valence-corrected chi connectivity index (χ4v) is 1.64. The zero-order valence-electron chi connectivity index (χ0n) is 11.9. The second-order valence-electron chi connectivity index (χ2n) is 4.45. The second-order valence-corrected chi connectivity index (χ2v) is 4.84. The van der Waals surface area contributed by atoms with Crippen LogP contribution in [0.3, 0.4) is 0 Å². The number of halogens is 1. The van der Waals surface area contributed by atoms with Crippen LogP contribution >= 0.6 is 11.6 Å². The Morgan fingerprint density at radius 3 is 2.62 bits per heavy atom. The second kappa shape index (κ2) is 7.58. The molecule has 114 valence electrons. The van der Waals surface area contributed by atoms with Crippen LogP contribution in [0.2, 0.25) is 5.15 Å². The van der Waals surface area contributed by atoms with Gasteiger partial charge in [0.25, 0.3) is 11.7 Å². The van der Waals surface area contributed by atoms with Crippen molar-refractivity contribution in [3.8, 4) is 0 Å². The van der Waals surface area contributed by atoms with Crippen LogP contribution < -0.4 is 10.6 Å². The Morgan fingerprint density at radius 1 is 1.38 bits per heavy atom. The molecule has 0 bridgehead atoms. The van der Waals surface area contributed by atoms with E-state index in [-0.39, 0.29) is 16.8 Å². The number of nitrogens with one attached hydrogen (secondary N) is 2. The molecule has 1 aromatic rings. The highest BCUT2D eigenvalue weighted by Crippen LogP contribution is 2.19. The first-order valence-corrected chi connectivity index (χ1v) is 6.54. The lowest BCUT2D eigenvalue weighted by molar-refractivity contribution is -0.151. The summed E-state index contributed by atoms with van der Waals surface area (Å²) in [5.41, 5.74) is 0.721. The number of ketones is 1. The molecule has 1 amide bonds. The number of esters is 1. The molecule has 1 aromatic heterocycles. The first-order chi connectivity index (χ1) is 9.85. The number of methoxy groups -OCH3 is 1. The van der Waals surface area contributed by atoms with E-state index in [9.17, 15) is 14.4 Å². The van der Waals surface area contributed by atoms with Gasteiger partial charge in [-0.1, -0.05) is 11.6 Å². The van der Waals surface area contributed by atoms with Gasteiger partial charge in [0.2, 0.25) is 0 Å². The van der Waals surface area contributed by atoms with E-state index in [1.807, 2.05) is 13.8 Å². The minimum Gasteiger partial charge on any atom is -0.463 e. The van der Waals surface area contributed by atoms with E-state index < -0.39 is 24.2 Å². The Kier molecular flexibility index (Phi) is 6.10. The maximum Gasteiger partial charge on any atom is 0.376 e. The third kappa shape index (κ3) is 5.03. The number of hydrogen-bond acceptors (Lipinski definition) is 6. The summed E-state index contributed by atoms with van der Waals surface area (Å²) < 4.78 is 4.26. The van der Waals surface area contributed by atoms with Gasteiger partial charge in [-0.15, -0.1) is 0 Å². The summed E-state index contributed by atoms with van der Waals surface area (Å²) in [5, 5.41) is 5.63. The van der Waals surface area contributed by atoms with E-state index in [1.54, 1.807) is 0 Å². The largest absolute Gasteiger partial charge is 0.463 e. The summed E-state index contributed by atoms with van der Waals surface area (Å²) >= 11 is 5.79. The molecule has 0 atom stereocenters. The highest BCUT2D eigenvalue weighted by atomic mass is 35.5. The molecule has 0 saturated heterocycles. The zero-order chi connectivity index (χ0) is 16.0. The standard InChI is InChI=1S/C13H16ClN3O4/c1-7(2)17-9-4-11(14)15-5-8(9)12(19)16-6-10(18)13(20)21-3/h4-5,7H,6H2,1-3H3,(H,15,17)(H,16,19). The van der Waals surface area contributed by atoms with Gasteiger partial charge < -0.3 is 15.4 Å². The van der Waals surface area contributed by atoms with Crippen molar-refractivity contribution < 1.29 is 19.1 Å². The molecule has 0 aliphatic heterocycles. The number of Topliss-reactive ketones (excluding diaryl/α,β-unsaturated/α-hetero) is 1. The van der Waals surface area contributed by atoms with Crippen molar-refractivity contribution in [1.29, 1.82) is 0 Å². The average Bonchev–Trinajstić information content (AvgIpc) is 2.42. The molecule has 0 aliphatic carbocycles. The van der Waals surface area contributed by atoms with Crippen LogP contribution in [0.25, 0.3) is 0 Å². The maximum absolute atomic E-state index is 12.0. The van der Waals surface area contributed by atoms with E-state index in [2.05, 4.69) is 20.4 Å². The van der Waals surface area contributed by atoms with E-state index in [1.165, 1.54) is 12.3 Å². The summed E-state index contributed by atoms with van der Waals surface area (Å²) in [4.78, 5) is 38.1. The Balaban J connectivity index is 2.82. The number of amides is 1. The molecule has 0 radical (unpaired) electrons. The number of nitrogens with zero attached hydrogens (tertiary/aromatic N) is 1. The van der Waals surface area contributed by atoms with Crippen molar-refractivity contribution in [1.82, 2.24) is 10.3 Å². The number of pyridine rings is 1. The third-order valence-corrected chi connectivity index (χ3v) is 2.59. The summed E-state index contributed by atoms with van der Waals surface area (Å²) in [7, 11) is 1.09. The van der Waals surface area contributed by atoms with Gasteiger partial charge in [-0.25, -0.2) is 9.78 Å². The Hall–Kier alpha value is -2.15. The monoisotopic (exact) mass is 313 g/mol. The summed E-state index contributed by atoms with van der Waals surface area (Å²) in [5.74, 6) is -2.39. The Bertz CT molecular complexity index is 560. The lowest BCUT2D eigenvalue weighted by Gasteiger charge is -2.14. The fraction of sp³-hybridized carbons (Fsp3) is 0.385. The molecule has 0 saturated carbocycles. The number of rotatable bonds is 6. The molecule has 8 heteroatoms. The van der Waals surface area contributed by atoms with Gasteiger partial charge in [0.15, 0.2) is 0 Å². The van der Waals surface area contributed by atoms with Crippen LogP contribution in [0, 0.1) is 0 Å². The van der Waals surface area contributed by atoms with Crippen molar-refractivity contribution >= 4 is 34.9 Å². The van der Waals surface area contributed by atoms with Gasteiger partial charge in [-0.2, -0.15) is 0 Å². The van der Waals surface area contributed by atoms with Crippen LogP contribution in [-0.4, -0.2) is 42.3 Å². The molecule has 0 fully saturated rings. The third-order valence-electron chi connectivity index (χ3n) is 2.38. The highest BCUT2D eigenvalue weighted by Gasteiger charge is 2.18. The predicted molar refractivity (Wildman–Crippen MR) is 77.4 cm³/mol. The molecule has 2 N–H and O–H groups in total. The molecule has 7 nitrogen and oxygen atoms in total. The molecule has 0 aliphatic rings. The first kappa shape index (κ1) is 16.9. The predicted octanol–water partition coefficient (Wildman–Crippen LogP) is 1.03. The number of carbonyl (C=O) groups is 3. The van der Waals surface area contributed by atoms with Crippen LogP contribution in [0.4, 0.5) is 5.69 Å². The van der Waals surface area contributed by atoms with E-state index in [0.29, 0.717) is 5.69 Å². The van der Waals surface area contributed by atoms with Crippen molar-refractivity contribution in [3.63, 3.8) is 0 Å². The van der Waals surface area contributed by atoms with Crippen LogP contribution in [0.15, 0.2) is 12.3 Å². The lowest BCUT2D eigenvalue weighted by atomic mass is 10.2. The van der Waals surface area contributed by atoms with Crippen molar-refractivity contribution in [2.24, 2.45) is 0 Å². The van der Waals surface area contributed by atoms with Gasteiger partial charge in [0.05, 0.1) is 24.9 Å². The highest BCUT2D eigenvalue weighted by molar-refractivity contribution is 6.34. The van der Waals surface area contributed by atoms with E-state index in [0.717, 1.165) is 7.11 Å². The fourth-order valence-electron chi connectivity index (χ4n) is 1.48. The van der Waals surface area contributed by atoms with Gasteiger partial charge in [0.1, 0.15) is 5.15 Å². The quantitative estimate of drug-likeness (QED) is 0.462. The molecule has 1 rings (SSSR count). The normalized spacial score (nSPS) is 10.1. The smallest absolute Gasteiger partial charge is 0.376 e. The minimum atomic E-state index is -1.01. The molecule has 0 unspecified atom stereocenters. The molecule has 0 aromatic carbocycles. The molecule has 21 heavy (non-hydrogen) atoms. The van der Waals surface area contributed by atoms with Crippen LogP contribution in [0.1, 0.15) is 24.2 Å². The number of ether oxygens (including phenoxy) is 1. The first-order valence-electron chi connectivity index (χ1n) is 6.16. The van der Waals surface area contributed by atoms with Crippen LogP contribution in [0.5, 0.6) is 0 Å². The van der Waals surface area contributed by atoms with E-state index >= 15 is 0 Å². The lowest BCUT2D eigenvalue weighted by Crippen LogP contribution is -2.34. The van der Waals surface area contributed by atoms with Gasteiger partial charge in [-0.05, 0) is 19.9 Å². The Labute approximate surface area is 127 Å². The average molecular weight is 314 g/mol. The van der Waals surface area contributed by atoms with Gasteiger partial charge in [-0.3, -0.25) is 9.59 Å². The number of hydrogen-bond donors (Lipinski definition) is 2. The SMILES string of the molecule is COC(=O)C(=O)CNC(=O)c1cnc(Cl)cc1NC(C)C. The minimum absolute atomic E-state index is 0.0757. The van der Waals surface area contributed by atoms with Crippen LogP contribution in [-0.2, 0) is 14.3 Å². The molecule has 0 spiro atoms. The topological polar surface area (TPSA) is 97.4 Å². The summed E-state index contributed by atoms with van der Waals surface area (Å²) in [6.45, 7) is 3.35. The summed E-state index contributed by atoms with van der Waals surface area (Å²) in [6, 6.07) is 1.59.